The number of hydrogen-bond donors (Lipinski definition) is 1. The number of ether oxygens (including phenoxy) is 1. The van der Waals surface area contributed by atoms with Gasteiger partial charge < -0.3 is 15.0 Å². The van der Waals surface area contributed by atoms with Gasteiger partial charge in [-0.1, -0.05) is 0 Å². The van der Waals surface area contributed by atoms with Gasteiger partial charge in [0.15, 0.2) is 11.6 Å². The molecule has 4 aromatic rings. The van der Waals surface area contributed by atoms with E-state index in [0.29, 0.717) is 42.5 Å². The Morgan fingerprint density at radius 2 is 2.11 bits per heavy atom. The zero-order valence-electron chi connectivity index (χ0n) is 21.3. The number of nitrogens with zero attached hydrogens (tertiary/aromatic N) is 9. The van der Waals surface area contributed by atoms with Crippen LogP contribution in [-0.4, -0.2) is 85.4 Å². The number of fused-ring (bicyclic) bond motifs is 5. The molecule has 1 saturated heterocycles. The largest absolute Gasteiger partial charge is 0.477 e. The van der Waals surface area contributed by atoms with Crippen molar-refractivity contribution in [3.8, 4) is 17.3 Å². The Morgan fingerprint density at radius 1 is 1.22 bits per heavy atom. The molecule has 2 aliphatic heterocycles. The quantitative estimate of drug-likeness (QED) is 0.447. The molecule has 2 atom stereocenters. The molecular formula is C25H31FN10O. The average Bonchev–Trinajstić information content (AvgIpc) is 3.61. The maximum absolute atomic E-state index is 12.9. The van der Waals surface area contributed by atoms with Crippen molar-refractivity contribution in [3.63, 3.8) is 0 Å². The zero-order chi connectivity index (χ0) is 25.5. The van der Waals surface area contributed by atoms with Crippen LogP contribution >= 0.6 is 0 Å². The lowest BCUT2D eigenvalue weighted by Gasteiger charge is -2.23. The monoisotopic (exact) mass is 506 g/mol. The first-order valence-corrected chi connectivity index (χ1v) is 12.7. The summed E-state index contributed by atoms with van der Waals surface area (Å²) >= 11 is 0. The predicted molar refractivity (Wildman–Crippen MR) is 139 cm³/mol. The van der Waals surface area contributed by atoms with Crippen molar-refractivity contribution in [2.24, 2.45) is 7.05 Å². The molecule has 0 radical (unpaired) electrons. The van der Waals surface area contributed by atoms with Crippen molar-refractivity contribution in [2.75, 3.05) is 50.2 Å². The summed E-state index contributed by atoms with van der Waals surface area (Å²) in [5, 5.41) is 13.8. The summed E-state index contributed by atoms with van der Waals surface area (Å²) in [6.07, 6.45) is 7.03. The Hall–Kier alpha value is -3.80. The molecule has 11 nitrogen and oxygen atoms in total. The van der Waals surface area contributed by atoms with Crippen LogP contribution in [0.3, 0.4) is 0 Å². The Kier molecular flexibility index (Phi) is 6.11. The highest BCUT2D eigenvalue weighted by atomic mass is 19.1. The van der Waals surface area contributed by atoms with Gasteiger partial charge in [0.1, 0.15) is 23.9 Å². The minimum Gasteiger partial charge on any atom is -0.477 e. The molecule has 1 unspecified atom stereocenters. The standard InChI is InChI=1S/C25H31FN10O/c1-16-6-11-37-25-19(14-29-34(25)3)23-27-8-4-21(31-23)30-22-12-20-18(13-28-22)24(32-36(16)20)35-9-5-17(15-35)33(2)10-7-26/h4,8,12-14,16-17H,5-7,9-11,15H2,1-3H3,(H,27,28,30,31)/t16-,17?/m0/s1. The smallest absolute Gasteiger partial charge is 0.222 e. The third kappa shape index (κ3) is 4.35. The molecule has 4 bridgehead atoms. The van der Waals surface area contributed by atoms with E-state index in [1.165, 1.54) is 0 Å². The number of halogens is 1. The molecule has 194 valence electrons. The van der Waals surface area contributed by atoms with E-state index >= 15 is 0 Å². The minimum absolute atomic E-state index is 0.0767. The highest BCUT2D eigenvalue weighted by Gasteiger charge is 2.29. The van der Waals surface area contributed by atoms with Gasteiger partial charge in [-0.15, -0.1) is 0 Å². The van der Waals surface area contributed by atoms with Crippen LogP contribution in [0.25, 0.3) is 22.3 Å². The van der Waals surface area contributed by atoms with Gasteiger partial charge in [-0.25, -0.2) is 24.0 Å². The number of rotatable bonds is 4. The van der Waals surface area contributed by atoms with Crippen LogP contribution in [0.15, 0.2) is 30.7 Å². The highest BCUT2D eigenvalue weighted by molar-refractivity contribution is 5.92. The van der Waals surface area contributed by atoms with Gasteiger partial charge in [0, 0.05) is 57.6 Å². The number of likely N-dealkylation sites (N-methyl/N-ethyl adjacent to an activating group) is 1. The number of nitrogens with one attached hydrogen (secondary N) is 1. The molecule has 0 saturated carbocycles. The molecule has 1 N–H and O–H groups in total. The van der Waals surface area contributed by atoms with E-state index in [1.54, 1.807) is 17.1 Å². The van der Waals surface area contributed by atoms with E-state index < -0.39 is 0 Å². The molecule has 37 heavy (non-hydrogen) atoms. The minimum atomic E-state index is -0.335. The van der Waals surface area contributed by atoms with Gasteiger partial charge >= 0.3 is 0 Å². The van der Waals surface area contributed by atoms with E-state index in [0.717, 1.165) is 48.2 Å². The summed E-state index contributed by atoms with van der Waals surface area (Å²) in [5.74, 6) is 3.39. The molecule has 1 fully saturated rings. The van der Waals surface area contributed by atoms with E-state index in [2.05, 4.69) is 41.8 Å². The number of aromatic nitrogens is 7. The molecule has 2 aliphatic rings. The van der Waals surface area contributed by atoms with Gasteiger partial charge in [-0.2, -0.15) is 10.2 Å². The van der Waals surface area contributed by atoms with Crippen LogP contribution in [0.5, 0.6) is 5.88 Å². The molecule has 0 spiro atoms. The third-order valence-corrected chi connectivity index (χ3v) is 7.32. The van der Waals surface area contributed by atoms with Crippen molar-refractivity contribution in [1.82, 2.24) is 39.4 Å². The fourth-order valence-corrected chi connectivity index (χ4v) is 5.15. The Bertz CT molecular complexity index is 1420. The fraction of sp³-hybridized carbons (Fsp3) is 0.480. The van der Waals surface area contributed by atoms with Gasteiger partial charge in [0.25, 0.3) is 0 Å². The zero-order valence-corrected chi connectivity index (χ0v) is 21.3. The Balaban J connectivity index is 1.39. The summed E-state index contributed by atoms with van der Waals surface area (Å²) in [7, 11) is 3.84. The van der Waals surface area contributed by atoms with Gasteiger partial charge in [-0.3, -0.25) is 9.58 Å². The first-order valence-electron chi connectivity index (χ1n) is 12.7. The fourth-order valence-electron chi connectivity index (χ4n) is 5.15. The Morgan fingerprint density at radius 3 is 2.97 bits per heavy atom. The normalized spacial score (nSPS) is 19.6. The van der Waals surface area contributed by atoms with E-state index in [1.807, 2.05) is 32.4 Å². The summed E-state index contributed by atoms with van der Waals surface area (Å²) in [6, 6.07) is 4.21. The first-order chi connectivity index (χ1) is 18.0. The average molecular weight is 507 g/mol. The lowest BCUT2D eigenvalue weighted by atomic mass is 10.2. The van der Waals surface area contributed by atoms with Crippen LogP contribution in [0.4, 0.5) is 21.8 Å². The van der Waals surface area contributed by atoms with E-state index in [9.17, 15) is 4.39 Å². The van der Waals surface area contributed by atoms with Crippen LogP contribution < -0.4 is 15.0 Å². The molecule has 4 aromatic heterocycles. The summed E-state index contributed by atoms with van der Waals surface area (Å²) < 4.78 is 22.9. The maximum Gasteiger partial charge on any atom is 0.222 e. The summed E-state index contributed by atoms with van der Waals surface area (Å²) in [4.78, 5) is 18.2. The molecule has 6 heterocycles. The van der Waals surface area contributed by atoms with Crippen molar-refractivity contribution in [2.45, 2.75) is 31.8 Å². The summed E-state index contributed by atoms with van der Waals surface area (Å²) in [6.45, 7) is 4.43. The lowest BCUT2D eigenvalue weighted by molar-refractivity contribution is 0.235. The molecular weight excluding hydrogens is 475 g/mol. The topological polar surface area (TPSA) is 102 Å². The number of hydrogen-bond acceptors (Lipinski definition) is 9. The second-order valence-corrected chi connectivity index (χ2v) is 9.78. The second kappa shape index (κ2) is 9.58. The van der Waals surface area contributed by atoms with Crippen LogP contribution in [-0.2, 0) is 7.05 Å². The lowest BCUT2D eigenvalue weighted by Crippen LogP contribution is -2.36. The Labute approximate surface area is 214 Å². The summed E-state index contributed by atoms with van der Waals surface area (Å²) in [5.41, 5.74) is 1.73. The third-order valence-electron chi connectivity index (χ3n) is 7.32. The number of anilines is 3. The molecule has 6 rings (SSSR count). The number of alkyl halides is 1. The molecule has 12 heteroatoms. The number of aryl methyl sites for hydroxylation is 1. The van der Waals surface area contributed by atoms with Crippen molar-refractivity contribution in [3.05, 3.63) is 30.7 Å². The van der Waals surface area contributed by atoms with Crippen LogP contribution in [0, 0.1) is 0 Å². The van der Waals surface area contributed by atoms with Gasteiger partial charge in [-0.05, 0) is 26.5 Å². The van der Waals surface area contributed by atoms with Crippen molar-refractivity contribution < 1.29 is 9.13 Å². The van der Waals surface area contributed by atoms with Gasteiger partial charge in [0.2, 0.25) is 5.88 Å². The maximum atomic E-state index is 12.9. The predicted octanol–water partition coefficient (Wildman–Crippen LogP) is 3.19. The van der Waals surface area contributed by atoms with E-state index in [4.69, 9.17) is 14.8 Å². The van der Waals surface area contributed by atoms with E-state index in [-0.39, 0.29) is 12.7 Å². The SMILES string of the molecule is C[C@H]1CCOc2c(cnn2C)-c2nccc(n2)Nc2cc3c(cn2)c(N2CCC(N(C)CCF)C2)nn31. The second-order valence-electron chi connectivity index (χ2n) is 9.78. The number of pyridine rings is 1. The van der Waals surface area contributed by atoms with Crippen molar-refractivity contribution in [1.29, 1.82) is 0 Å². The highest BCUT2D eigenvalue weighted by Crippen LogP contribution is 2.34. The van der Waals surface area contributed by atoms with Gasteiger partial charge in [0.05, 0.1) is 29.7 Å². The van der Waals surface area contributed by atoms with Crippen LogP contribution in [0.2, 0.25) is 0 Å². The first kappa shape index (κ1) is 23.6. The van der Waals surface area contributed by atoms with Crippen LogP contribution in [0.1, 0.15) is 25.8 Å². The molecule has 0 amide bonds. The molecule has 0 aromatic carbocycles. The van der Waals surface area contributed by atoms with Crippen molar-refractivity contribution >= 4 is 28.4 Å². The molecule has 0 aliphatic carbocycles.